The van der Waals surface area contributed by atoms with Gasteiger partial charge in [-0.15, -0.1) is 0 Å². The maximum atomic E-state index is 10.0. The quantitative estimate of drug-likeness (QED) is 0.294. The van der Waals surface area contributed by atoms with Gasteiger partial charge in [-0.3, -0.25) is 0 Å². The van der Waals surface area contributed by atoms with Crippen LogP contribution in [0.5, 0.6) is 0 Å². The molecule has 0 spiro atoms. The molecule has 0 bridgehead atoms. The first-order chi connectivity index (χ1) is 11.6. The van der Waals surface area contributed by atoms with Gasteiger partial charge in [0.25, 0.3) is 0 Å². The second kappa shape index (κ2) is 17.7. The Hall–Kier alpha value is -0.120. The predicted octanol–water partition coefficient (Wildman–Crippen LogP) is 5.35. The second-order valence-corrected chi connectivity index (χ2v) is 7.45. The number of aliphatic hydroxyl groups is 3. The van der Waals surface area contributed by atoms with Crippen LogP contribution in [-0.2, 0) is 0 Å². The number of rotatable bonds is 18. The Labute approximate surface area is 150 Å². The van der Waals surface area contributed by atoms with Crippen LogP contribution in [0.25, 0.3) is 0 Å². The van der Waals surface area contributed by atoms with Crippen molar-refractivity contribution in [3.8, 4) is 0 Å². The van der Waals surface area contributed by atoms with Gasteiger partial charge >= 0.3 is 0 Å². The van der Waals surface area contributed by atoms with Gasteiger partial charge in [0.2, 0.25) is 0 Å². The van der Waals surface area contributed by atoms with Crippen LogP contribution in [0.1, 0.15) is 117 Å². The van der Waals surface area contributed by atoms with Crippen LogP contribution in [0.15, 0.2) is 0 Å². The van der Waals surface area contributed by atoms with Crippen molar-refractivity contribution >= 4 is 0 Å². The first kappa shape index (κ1) is 23.9. The molecule has 0 rings (SSSR count). The lowest BCUT2D eigenvalue weighted by Crippen LogP contribution is -2.37. The summed E-state index contributed by atoms with van der Waals surface area (Å²) in [7, 11) is 0. The van der Waals surface area contributed by atoms with Crippen LogP contribution in [0.4, 0.5) is 0 Å². The van der Waals surface area contributed by atoms with E-state index in [9.17, 15) is 15.3 Å². The van der Waals surface area contributed by atoms with E-state index in [1.54, 1.807) is 0 Å². The summed E-state index contributed by atoms with van der Waals surface area (Å²) in [4.78, 5) is 0. The van der Waals surface area contributed by atoms with E-state index in [0.29, 0.717) is 12.8 Å². The average molecular weight is 345 g/mol. The highest BCUT2D eigenvalue weighted by molar-refractivity contribution is 4.75. The van der Waals surface area contributed by atoms with Crippen LogP contribution in [0, 0.1) is 0 Å². The topological polar surface area (TPSA) is 60.7 Å². The molecule has 3 N–H and O–H groups in total. The van der Waals surface area contributed by atoms with Crippen LogP contribution in [0.3, 0.4) is 0 Å². The molecule has 146 valence electrons. The van der Waals surface area contributed by atoms with E-state index in [2.05, 4.69) is 13.8 Å². The van der Waals surface area contributed by atoms with E-state index in [4.69, 9.17) is 0 Å². The van der Waals surface area contributed by atoms with Gasteiger partial charge in [-0.2, -0.15) is 0 Å². The van der Waals surface area contributed by atoms with Crippen molar-refractivity contribution in [3.63, 3.8) is 0 Å². The summed E-state index contributed by atoms with van der Waals surface area (Å²) in [5.74, 6) is 0. The summed E-state index contributed by atoms with van der Waals surface area (Å²) in [6.45, 7) is 4.44. The van der Waals surface area contributed by atoms with E-state index in [0.717, 1.165) is 25.7 Å². The molecule has 0 aromatic heterocycles. The van der Waals surface area contributed by atoms with Gasteiger partial charge in [-0.05, 0) is 12.8 Å². The molecule has 0 saturated heterocycles. The maximum absolute atomic E-state index is 10.0. The van der Waals surface area contributed by atoms with Crippen LogP contribution in [0.2, 0.25) is 0 Å². The zero-order valence-electron chi connectivity index (χ0n) is 16.4. The molecule has 0 saturated carbocycles. The third-order valence-corrected chi connectivity index (χ3v) is 5.00. The first-order valence-electron chi connectivity index (χ1n) is 10.7. The largest absolute Gasteiger partial charge is 0.390 e. The van der Waals surface area contributed by atoms with Crippen molar-refractivity contribution < 1.29 is 15.3 Å². The fraction of sp³-hybridized carbons (Fsp3) is 1.00. The minimum Gasteiger partial charge on any atom is -0.390 e. The Kier molecular flexibility index (Phi) is 17.6. The standard InChI is InChI=1S/C21H44O3/c1-3-5-7-9-11-13-15-17-19(22)21(24)20(23)18-16-14-12-10-8-6-4-2/h19-24H,3-18H2,1-2H3. The van der Waals surface area contributed by atoms with Gasteiger partial charge in [-0.1, -0.05) is 104 Å². The molecule has 0 radical (unpaired) electrons. The van der Waals surface area contributed by atoms with Gasteiger partial charge in [0.1, 0.15) is 6.10 Å². The van der Waals surface area contributed by atoms with E-state index in [1.165, 1.54) is 64.2 Å². The SMILES string of the molecule is CCCCCCCCCC(O)C(O)C(O)CCCCCCCCC. The second-order valence-electron chi connectivity index (χ2n) is 7.45. The van der Waals surface area contributed by atoms with E-state index >= 15 is 0 Å². The number of hydrogen-bond donors (Lipinski definition) is 3. The predicted molar refractivity (Wildman–Crippen MR) is 103 cm³/mol. The molecule has 0 aromatic carbocycles. The molecule has 2 unspecified atom stereocenters. The molecule has 3 nitrogen and oxygen atoms in total. The molecule has 0 heterocycles. The zero-order chi connectivity index (χ0) is 18.0. The summed E-state index contributed by atoms with van der Waals surface area (Å²) in [5.41, 5.74) is 0. The van der Waals surface area contributed by atoms with Gasteiger partial charge in [-0.25, -0.2) is 0 Å². The van der Waals surface area contributed by atoms with Crippen LogP contribution >= 0.6 is 0 Å². The number of aliphatic hydroxyl groups excluding tert-OH is 3. The molecule has 0 aliphatic heterocycles. The minimum atomic E-state index is -0.981. The summed E-state index contributed by atoms with van der Waals surface area (Å²) >= 11 is 0. The molecule has 0 aliphatic rings. The third kappa shape index (κ3) is 14.2. The molecule has 24 heavy (non-hydrogen) atoms. The Morgan fingerprint density at radius 3 is 1.08 bits per heavy atom. The van der Waals surface area contributed by atoms with Gasteiger partial charge < -0.3 is 15.3 Å². The zero-order valence-corrected chi connectivity index (χ0v) is 16.4. The van der Waals surface area contributed by atoms with E-state index in [1.807, 2.05) is 0 Å². The molecule has 0 amide bonds. The van der Waals surface area contributed by atoms with Crippen molar-refractivity contribution in [3.05, 3.63) is 0 Å². The van der Waals surface area contributed by atoms with Crippen molar-refractivity contribution in [2.45, 2.75) is 135 Å². The van der Waals surface area contributed by atoms with E-state index in [-0.39, 0.29) is 0 Å². The molecule has 2 atom stereocenters. The fourth-order valence-electron chi connectivity index (χ4n) is 3.22. The summed E-state index contributed by atoms with van der Waals surface area (Å²) < 4.78 is 0. The molecule has 0 aromatic rings. The molecule has 0 fully saturated rings. The minimum absolute atomic E-state index is 0.600. The van der Waals surface area contributed by atoms with Gasteiger partial charge in [0, 0.05) is 0 Å². The smallest absolute Gasteiger partial charge is 0.106 e. The number of hydrogen-bond acceptors (Lipinski definition) is 3. The Morgan fingerprint density at radius 2 is 0.750 bits per heavy atom. The van der Waals surface area contributed by atoms with E-state index < -0.39 is 18.3 Å². The molecule has 0 aliphatic carbocycles. The van der Waals surface area contributed by atoms with Crippen molar-refractivity contribution in [2.24, 2.45) is 0 Å². The van der Waals surface area contributed by atoms with Crippen molar-refractivity contribution in [1.29, 1.82) is 0 Å². The maximum Gasteiger partial charge on any atom is 0.106 e. The Bertz CT molecular complexity index is 221. The Morgan fingerprint density at radius 1 is 0.458 bits per heavy atom. The number of unbranched alkanes of at least 4 members (excludes halogenated alkanes) is 12. The average Bonchev–Trinajstić information content (AvgIpc) is 2.59. The summed E-state index contributed by atoms with van der Waals surface area (Å²) in [6.07, 6.45) is 15.5. The molecular weight excluding hydrogens is 300 g/mol. The first-order valence-corrected chi connectivity index (χ1v) is 10.7. The summed E-state index contributed by atoms with van der Waals surface area (Å²) in [5, 5.41) is 30.1. The van der Waals surface area contributed by atoms with Gasteiger partial charge in [0.15, 0.2) is 0 Å². The monoisotopic (exact) mass is 344 g/mol. The highest BCUT2D eigenvalue weighted by atomic mass is 16.4. The third-order valence-electron chi connectivity index (χ3n) is 5.00. The van der Waals surface area contributed by atoms with Crippen molar-refractivity contribution in [1.82, 2.24) is 0 Å². The normalized spacial score (nSPS) is 15.4. The van der Waals surface area contributed by atoms with Gasteiger partial charge in [0.05, 0.1) is 12.2 Å². The van der Waals surface area contributed by atoms with Crippen molar-refractivity contribution in [2.75, 3.05) is 0 Å². The molecular formula is C21H44O3. The lowest BCUT2D eigenvalue weighted by molar-refractivity contribution is -0.0653. The Balaban J connectivity index is 3.55. The van der Waals surface area contributed by atoms with Crippen LogP contribution in [-0.4, -0.2) is 33.6 Å². The fourth-order valence-corrected chi connectivity index (χ4v) is 3.22. The highest BCUT2D eigenvalue weighted by Gasteiger charge is 2.23. The molecule has 3 heteroatoms. The lowest BCUT2D eigenvalue weighted by Gasteiger charge is -2.23. The highest BCUT2D eigenvalue weighted by Crippen LogP contribution is 2.16. The van der Waals surface area contributed by atoms with Crippen LogP contribution < -0.4 is 0 Å². The summed E-state index contributed by atoms with van der Waals surface area (Å²) in [6, 6.07) is 0. The lowest BCUT2D eigenvalue weighted by atomic mass is 9.97.